The summed E-state index contributed by atoms with van der Waals surface area (Å²) in [5, 5.41) is 15.3. The Bertz CT molecular complexity index is 793. The van der Waals surface area contributed by atoms with E-state index in [9.17, 15) is 5.11 Å². The maximum atomic E-state index is 9.93. The van der Waals surface area contributed by atoms with Gasteiger partial charge in [-0.25, -0.2) is 0 Å². The maximum absolute atomic E-state index is 9.93. The Morgan fingerprint density at radius 2 is 1.67 bits per heavy atom. The van der Waals surface area contributed by atoms with Gasteiger partial charge >= 0.3 is 0 Å². The summed E-state index contributed by atoms with van der Waals surface area (Å²) < 4.78 is 0. The molecule has 0 radical (unpaired) electrons. The summed E-state index contributed by atoms with van der Waals surface area (Å²) in [5.74, 6) is 0.322. The van der Waals surface area contributed by atoms with Crippen LogP contribution in [0.4, 0.5) is 5.69 Å². The first-order chi connectivity index (χ1) is 10.1. The zero-order chi connectivity index (χ0) is 14.8. The van der Waals surface area contributed by atoms with Crippen molar-refractivity contribution in [1.82, 2.24) is 0 Å². The number of nitrogens with one attached hydrogen (secondary N) is 1. The monoisotopic (exact) mass is 277 g/mol. The fourth-order valence-corrected chi connectivity index (χ4v) is 2.68. The molecule has 2 heteroatoms. The average Bonchev–Trinajstić information content (AvgIpc) is 2.47. The summed E-state index contributed by atoms with van der Waals surface area (Å²) in [4.78, 5) is 0. The molecular weight excluding hydrogens is 258 g/mol. The molecule has 3 rings (SSSR count). The van der Waals surface area contributed by atoms with Crippen LogP contribution >= 0.6 is 0 Å². The molecule has 0 fully saturated rings. The first-order valence-corrected chi connectivity index (χ1v) is 7.16. The molecule has 21 heavy (non-hydrogen) atoms. The smallest absolute Gasteiger partial charge is 0.123 e. The number of hydrogen-bond acceptors (Lipinski definition) is 2. The molecule has 3 aromatic carbocycles. The highest BCUT2D eigenvalue weighted by Crippen LogP contribution is 2.30. The third-order valence-corrected chi connectivity index (χ3v) is 3.87. The quantitative estimate of drug-likeness (QED) is 0.722. The molecule has 0 spiro atoms. The molecule has 2 nitrogen and oxygen atoms in total. The zero-order valence-electron chi connectivity index (χ0n) is 12.4. The van der Waals surface area contributed by atoms with E-state index in [1.165, 1.54) is 16.7 Å². The van der Waals surface area contributed by atoms with E-state index >= 15 is 0 Å². The summed E-state index contributed by atoms with van der Waals surface area (Å²) in [6, 6.07) is 18.1. The second-order valence-electron chi connectivity index (χ2n) is 5.46. The van der Waals surface area contributed by atoms with Crippen molar-refractivity contribution in [3.63, 3.8) is 0 Å². The Hall–Kier alpha value is -2.48. The van der Waals surface area contributed by atoms with E-state index in [0.717, 1.165) is 23.0 Å². The van der Waals surface area contributed by atoms with Gasteiger partial charge in [0.1, 0.15) is 5.75 Å². The number of aryl methyl sites for hydroxylation is 2. The van der Waals surface area contributed by atoms with Crippen LogP contribution in [0, 0.1) is 13.8 Å². The first-order valence-electron chi connectivity index (χ1n) is 7.16. The van der Waals surface area contributed by atoms with Crippen molar-refractivity contribution in [3.05, 3.63) is 71.3 Å². The second kappa shape index (κ2) is 5.49. The van der Waals surface area contributed by atoms with Crippen molar-refractivity contribution in [1.29, 1.82) is 0 Å². The van der Waals surface area contributed by atoms with Gasteiger partial charge < -0.3 is 10.4 Å². The molecule has 2 N–H and O–H groups in total. The van der Waals surface area contributed by atoms with Crippen molar-refractivity contribution in [3.8, 4) is 5.75 Å². The lowest BCUT2D eigenvalue weighted by Crippen LogP contribution is -2.02. The Kier molecular flexibility index (Phi) is 3.53. The number of aromatic hydroxyl groups is 1. The molecule has 0 aliphatic carbocycles. The number of hydrogen-bond donors (Lipinski definition) is 2. The van der Waals surface area contributed by atoms with E-state index in [1.54, 1.807) is 6.07 Å². The summed E-state index contributed by atoms with van der Waals surface area (Å²) >= 11 is 0. The minimum Gasteiger partial charge on any atom is -0.507 e. The van der Waals surface area contributed by atoms with Gasteiger partial charge in [-0.3, -0.25) is 0 Å². The lowest BCUT2D eigenvalue weighted by Gasteiger charge is -2.12. The summed E-state index contributed by atoms with van der Waals surface area (Å²) in [6.45, 7) is 5.03. The standard InChI is InChI=1S/C19H19NO/c1-13-9-10-15(14(2)11-13)12-20-18-7-3-6-17-16(18)5-4-8-19(17)21/h3-11,20-21H,12H2,1-2H3. The fraction of sp³-hybridized carbons (Fsp3) is 0.158. The molecule has 106 valence electrons. The Morgan fingerprint density at radius 1 is 0.905 bits per heavy atom. The fourth-order valence-electron chi connectivity index (χ4n) is 2.68. The van der Waals surface area contributed by atoms with Crippen molar-refractivity contribution in [2.24, 2.45) is 0 Å². The van der Waals surface area contributed by atoms with Crippen molar-refractivity contribution in [2.45, 2.75) is 20.4 Å². The number of benzene rings is 3. The number of rotatable bonds is 3. The van der Waals surface area contributed by atoms with E-state index in [0.29, 0.717) is 5.75 Å². The Morgan fingerprint density at radius 3 is 2.48 bits per heavy atom. The van der Waals surface area contributed by atoms with Gasteiger partial charge in [0.05, 0.1) is 0 Å². The van der Waals surface area contributed by atoms with E-state index < -0.39 is 0 Å². The molecule has 0 bridgehead atoms. The predicted molar refractivity (Wildman–Crippen MR) is 88.9 cm³/mol. The van der Waals surface area contributed by atoms with Crippen LogP contribution < -0.4 is 5.32 Å². The summed E-state index contributed by atoms with van der Waals surface area (Å²) in [6.07, 6.45) is 0. The number of fused-ring (bicyclic) bond motifs is 1. The Balaban J connectivity index is 1.90. The van der Waals surface area contributed by atoms with Crippen LogP contribution in [0.25, 0.3) is 10.8 Å². The lowest BCUT2D eigenvalue weighted by atomic mass is 10.0. The zero-order valence-corrected chi connectivity index (χ0v) is 12.4. The van der Waals surface area contributed by atoms with Gasteiger partial charge in [-0.15, -0.1) is 0 Å². The molecule has 0 aliphatic rings. The van der Waals surface area contributed by atoms with Crippen molar-refractivity contribution < 1.29 is 5.11 Å². The van der Waals surface area contributed by atoms with Gasteiger partial charge in [0.2, 0.25) is 0 Å². The molecule has 3 aromatic rings. The maximum Gasteiger partial charge on any atom is 0.123 e. The molecule has 0 aromatic heterocycles. The molecule has 0 atom stereocenters. The van der Waals surface area contributed by atoms with Crippen LogP contribution in [0.3, 0.4) is 0 Å². The number of anilines is 1. The molecular formula is C19H19NO. The van der Waals surface area contributed by atoms with Gasteiger partial charge in [0, 0.05) is 23.0 Å². The molecule has 0 amide bonds. The number of phenolic OH excluding ortho intramolecular Hbond substituents is 1. The Labute approximate surface area is 125 Å². The molecule has 0 unspecified atom stereocenters. The third kappa shape index (κ3) is 2.70. The van der Waals surface area contributed by atoms with E-state index in [1.807, 2.05) is 30.3 Å². The third-order valence-electron chi connectivity index (χ3n) is 3.87. The number of phenols is 1. The molecule has 0 heterocycles. The minimum atomic E-state index is 0.322. The van der Waals surface area contributed by atoms with Gasteiger partial charge in [-0.2, -0.15) is 0 Å². The van der Waals surface area contributed by atoms with Gasteiger partial charge in [-0.05, 0) is 37.1 Å². The predicted octanol–water partition coefficient (Wildman–Crippen LogP) is 4.77. The molecule has 0 aliphatic heterocycles. The normalized spacial score (nSPS) is 10.8. The SMILES string of the molecule is Cc1ccc(CNc2cccc3c(O)cccc23)c(C)c1. The van der Waals surface area contributed by atoms with E-state index in [-0.39, 0.29) is 0 Å². The summed E-state index contributed by atoms with van der Waals surface area (Å²) in [5.41, 5.74) is 4.91. The van der Waals surface area contributed by atoms with Crippen molar-refractivity contribution in [2.75, 3.05) is 5.32 Å². The topological polar surface area (TPSA) is 32.3 Å². The van der Waals surface area contributed by atoms with Crippen LogP contribution in [0.2, 0.25) is 0 Å². The highest BCUT2D eigenvalue weighted by atomic mass is 16.3. The highest BCUT2D eigenvalue weighted by molar-refractivity contribution is 5.97. The summed E-state index contributed by atoms with van der Waals surface area (Å²) in [7, 11) is 0. The van der Waals surface area contributed by atoms with Crippen LogP contribution in [0.15, 0.2) is 54.6 Å². The average molecular weight is 277 g/mol. The van der Waals surface area contributed by atoms with E-state index in [2.05, 4.69) is 37.4 Å². The molecule has 0 saturated heterocycles. The second-order valence-corrected chi connectivity index (χ2v) is 5.46. The minimum absolute atomic E-state index is 0.322. The van der Waals surface area contributed by atoms with Crippen LogP contribution in [-0.4, -0.2) is 5.11 Å². The van der Waals surface area contributed by atoms with Gasteiger partial charge in [0.15, 0.2) is 0 Å². The van der Waals surface area contributed by atoms with Gasteiger partial charge in [-0.1, -0.05) is 48.0 Å². The van der Waals surface area contributed by atoms with E-state index in [4.69, 9.17) is 0 Å². The molecule has 0 saturated carbocycles. The van der Waals surface area contributed by atoms with Crippen molar-refractivity contribution >= 4 is 16.5 Å². The first kappa shape index (κ1) is 13.5. The van der Waals surface area contributed by atoms with Crippen LogP contribution in [0.5, 0.6) is 5.75 Å². The highest BCUT2D eigenvalue weighted by Gasteiger charge is 2.04. The van der Waals surface area contributed by atoms with Crippen LogP contribution in [-0.2, 0) is 6.54 Å². The largest absolute Gasteiger partial charge is 0.507 e. The lowest BCUT2D eigenvalue weighted by molar-refractivity contribution is 0.481. The van der Waals surface area contributed by atoms with Gasteiger partial charge in [0.25, 0.3) is 0 Å². The van der Waals surface area contributed by atoms with Crippen LogP contribution in [0.1, 0.15) is 16.7 Å².